The number of carbonyl (C=O) groups excluding carboxylic acids is 1. The highest BCUT2D eigenvalue weighted by Gasteiger charge is 2.28. The molecule has 1 saturated heterocycles. The molecule has 3 rings (SSSR count). The SMILES string of the molecule is Cc1csc(N2CCN(C(=O)C3CCCCC3)CC2)n1. The van der Waals surface area contributed by atoms with Crippen molar-refractivity contribution in [3.63, 3.8) is 0 Å². The molecule has 0 spiro atoms. The highest BCUT2D eigenvalue weighted by atomic mass is 32.1. The minimum Gasteiger partial charge on any atom is -0.345 e. The maximum Gasteiger partial charge on any atom is 0.225 e. The summed E-state index contributed by atoms with van der Waals surface area (Å²) in [5.41, 5.74) is 1.09. The Morgan fingerprint density at radius 1 is 1.20 bits per heavy atom. The monoisotopic (exact) mass is 293 g/mol. The van der Waals surface area contributed by atoms with Crippen LogP contribution in [0.5, 0.6) is 0 Å². The Morgan fingerprint density at radius 3 is 2.50 bits per heavy atom. The zero-order chi connectivity index (χ0) is 13.9. The lowest BCUT2D eigenvalue weighted by atomic mass is 9.88. The van der Waals surface area contributed by atoms with E-state index >= 15 is 0 Å². The second kappa shape index (κ2) is 6.12. The Hall–Kier alpha value is -1.10. The van der Waals surface area contributed by atoms with Gasteiger partial charge in [0.1, 0.15) is 0 Å². The second-order valence-corrected chi connectivity index (χ2v) is 6.76. The molecule has 0 bridgehead atoms. The molecule has 110 valence electrons. The van der Waals surface area contributed by atoms with Gasteiger partial charge < -0.3 is 9.80 Å². The van der Waals surface area contributed by atoms with Gasteiger partial charge in [0.15, 0.2) is 5.13 Å². The van der Waals surface area contributed by atoms with Crippen molar-refractivity contribution in [3.05, 3.63) is 11.1 Å². The van der Waals surface area contributed by atoms with Gasteiger partial charge in [-0.1, -0.05) is 19.3 Å². The average molecular weight is 293 g/mol. The molecule has 1 aliphatic heterocycles. The molecule has 20 heavy (non-hydrogen) atoms. The third-order valence-corrected chi connectivity index (χ3v) is 5.44. The molecule has 0 unspecified atom stereocenters. The van der Waals surface area contributed by atoms with Crippen molar-refractivity contribution < 1.29 is 4.79 Å². The van der Waals surface area contributed by atoms with Crippen LogP contribution in [0.25, 0.3) is 0 Å². The molecule has 0 N–H and O–H groups in total. The number of hydrogen-bond donors (Lipinski definition) is 0. The van der Waals surface area contributed by atoms with Crippen LogP contribution in [0.15, 0.2) is 5.38 Å². The van der Waals surface area contributed by atoms with Gasteiger partial charge in [-0.05, 0) is 19.8 Å². The Balaban J connectivity index is 1.54. The van der Waals surface area contributed by atoms with Crippen LogP contribution >= 0.6 is 11.3 Å². The summed E-state index contributed by atoms with van der Waals surface area (Å²) in [7, 11) is 0. The zero-order valence-corrected chi connectivity index (χ0v) is 13.0. The van der Waals surface area contributed by atoms with E-state index in [1.807, 2.05) is 6.92 Å². The van der Waals surface area contributed by atoms with Crippen LogP contribution in [0.2, 0.25) is 0 Å². The number of aryl methyl sites for hydroxylation is 1. The lowest BCUT2D eigenvalue weighted by Crippen LogP contribution is -2.50. The zero-order valence-electron chi connectivity index (χ0n) is 12.2. The largest absolute Gasteiger partial charge is 0.345 e. The van der Waals surface area contributed by atoms with Crippen LogP contribution in [0, 0.1) is 12.8 Å². The fourth-order valence-electron chi connectivity index (χ4n) is 3.21. The number of amides is 1. The molecule has 0 radical (unpaired) electrons. The number of hydrogen-bond acceptors (Lipinski definition) is 4. The molecule has 0 atom stereocenters. The molecular formula is C15H23N3OS. The number of anilines is 1. The topological polar surface area (TPSA) is 36.4 Å². The number of piperazine rings is 1. The maximum atomic E-state index is 12.5. The van der Waals surface area contributed by atoms with E-state index in [9.17, 15) is 4.79 Å². The Kier molecular flexibility index (Phi) is 4.24. The highest BCUT2D eigenvalue weighted by molar-refractivity contribution is 7.13. The Morgan fingerprint density at radius 2 is 1.90 bits per heavy atom. The van der Waals surface area contributed by atoms with Crippen LogP contribution in [-0.4, -0.2) is 42.0 Å². The average Bonchev–Trinajstić information content (AvgIpc) is 2.94. The minimum atomic E-state index is 0.303. The summed E-state index contributed by atoms with van der Waals surface area (Å²) in [6.45, 7) is 5.58. The van der Waals surface area contributed by atoms with E-state index in [4.69, 9.17) is 0 Å². The molecule has 2 heterocycles. The summed E-state index contributed by atoms with van der Waals surface area (Å²) in [4.78, 5) is 21.4. The standard InChI is InChI=1S/C15H23N3OS/c1-12-11-20-15(16-12)18-9-7-17(8-10-18)14(19)13-5-3-2-4-6-13/h11,13H,2-10H2,1H3. The molecule has 0 aromatic carbocycles. The normalized spacial score (nSPS) is 21.2. The first-order valence-corrected chi connectivity index (χ1v) is 8.58. The summed E-state index contributed by atoms with van der Waals surface area (Å²) >= 11 is 1.71. The summed E-state index contributed by atoms with van der Waals surface area (Å²) in [6.07, 6.45) is 5.97. The van der Waals surface area contributed by atoms with Gasteiger partial charge in [-0.15, -0.1) is 11.3 Å². The van der Waals surface area contributed by atoms with E-state index in [2.05, 4.69) is 20.2 Å². The summed E-state index contributed by atoms with van der Waals surface area (Å²) in [6, 6.07) is 0. The van der Waals surface area contributed by atoms with Crippen molar-refractivity contribution in [3.8, 4) is 0 Å². The molecule has 5 heteroatoms. The van der Waals surface area contributed by atoms with Crippen LogP contribution in [-0.2, 0) is 4.79 Å². The number of carbonyl (C=O) groups is 1. The van der Waals surface area contributed by atoms with E-state index in [-0.39, 0.29) is 0 Å². The highest BCUT2D eigenvalue weighted by Crippen LogP contribution is 2.27. The fraction of sp³-hybridized carbons (Fsp3) is 0.733. The third kappa shape index (κ3) is 2.97. The third-order valence-electron chi connectivity index (χ3n) is 4.42. The van der Waals surface area contributed by atoms with E-state index in [1.165, 1.54) is 19.3 Å². The molecule has 1 amide bonds. The molecule has 1 aliphatic carbocycles. The fourth-order valence-corrected chi connectivity index (χ4v) is 4.07. The van der Waals surface area contributed by atoms with Gasteiger partial charge in [-0.25, -0.2) is 4.98 Å². The van der Waals surface area contributed by atoms with Crippen LogP contribution < -0.4 is 4.90 Å². The van der Waals surface area contributed by atoms with Gasteiger partial charge in [-0.2, -0.15) is 0 Å². The van der Waals surface area contributed by atoms with Crippen molar-refractivity contribution in [2.45, 2.75) is 39.0 Å². The lowest BCUT2D eigenvalue weighted by molar-refractivity contribution is -0.136. The van der Waals surface area contributed by atoms with Gasteiger partial charge in [0.2, 0.25) is 5.91 Å². The predicted octanol–water partition coefficient (Wildman–Crippen LogP) is 2.68. The molecule has 1 saturated carbocycles. The Labute approximate surface area is 124 Å². The van der Waals surface area contributed by atoms with Gasteiger partial charge >= 0.3 is 0 Å². The summed E-state index contributed by atoms with van der Waals surface area (Å²) in [5, 5.41) is 3.20. The number of nitrogens with zero attached hydrogens (tertiary/aromatic N) is 3. The van der Waals surface area contributed by atoms with Crippen molar-refractivity contribution in [2.75, 3.05) is 31.1 Å². The first kappa shape index (κ1) is 13.9. The maximum absolute atomic E-state index is 12.5. The van der Waals surface area contributed by atoms with Crippen LogP contribution in [0.4, 0.5) is 5.13 Å². The summed E-state index contributed by atoms with van der Waals surface area (Å²) in [5.74, 6) is 0.706. The molecule has 1 aromatic heterocycles. The first-order valence-electron chi connectivity index (χ1n) is 7.70. The van der Waals surface area contributed by atoms with E-state index in [0.717, 1.165) is 49.8 Å². The van der Waals surface area contributed by atoms with E-state index in [1.54, 1.807) is 11.3 Å². The Bertz CT molecular complexity index is 459. The van der Waals surface area contributed by atoms with Crippen molar-refractivity contribution in [1.29, 1.82) is 0 Å². The molecule has 1 aromatic rings. The molecule has 2 aliphatic rings. The smallest absolute Gasteiger partial charge is 0.225 e. The quantitative estimate of drug-likeness (QED) is 0.841. The van der Waals surface area contributed by atoms with Gasteiger partial charge in [0.25, 0.3) is 0 Å². The van der Waals surface area contributed by atoms with Gasteiger partial charge in [0, 0.05) is 37.5 Å². The number of thiazole rings is 1. The van der Waals surface area contributed by atoms with Crippen LogP contribution in [0.1, 0.15) is 37.8 Å². The summed E-state index contributed by atoms with van der Waals surface area (Å²) < 4.78 is 0. The van der Waals surface area contributed by atoms with Crippen molar-refractivity contribution >= 4 is 22.4 Å². The number of aromatic nitrogens is 1. The molecular weight excluding hydrogens is 270 g/mol. The molecule has 2 fully saturated rings. The van der Waals surface area contributed by atoms with Crippen LogP contribution in [0.3, 0.4) is 0 Å². The predicted molar refractivity (Wildman–Crippen MR) is 82.2 cm³/mol. The van der Waals surface area contributed by atoms with Crippen molar-refractivity contribution in [2.24, 2.45) is 5.92 Å². The van der Waals surface area contributed by atoms with E-state index < -0.39 is 0 Å². The molecule has 4 nitrogen and oxygen atoms in total. The number of rotatable bonds is 2. The lowest BCUT2D eigenvalue weighted by Gasteiger charge is -2.37. The second-order valence-electron chi connectivity index (χ2n) is 5.92. The van der Waals surface area contributed by atoms with Gasteiger partial charge in [-0.3, -0.25) is 4.79 Å². The van der Waals surface area contributed by atoms with E-state index in [0.29, 0.717) is 11.8 Å². The first-order chi connectivity index (χ1) is 9.74. The minimum absolute atomic E-state index is 0.303. The van der Waals surface area contributed by atoms with Crippen molar-refractivity contribution in [1.82, 2.24) is 9.88 Å². The van der Waals surface area contributed by atoms with Gasteiger partial charge in [0.05, 0.1) is 5.69 Å².